The average molecular weight is 273 g/mol. The van der Waals surface area contributed by atoms with Gasteiger partial charge < -0.3 is 14.8 Å². The molecule has 0 amide bonds. The lowest BCUT2D eigenvalue weighted by Crippen LogP contribution is -2.24. The SMILES string of the molecule is CCCNc1snnc1COCCC(C)(C)OC. The van der Waals surface area contributed by atoms with Crippen LogP contribution in [0.5, 0.6) is 0 Å². The van der Waals surface area contributed by atoms with E-state index in [1.807, 2.05) is 0 Å². The summed E-state index contributed by atoms with van der Waals surface area (Å²) < 4.78 is 14.9. The van der Waals surface area contributed by atoms with Crippen LogP contribution in [-0.4, -0.2) is 35.4 Å². The lowest BCUT2D eigenvalue weighted by Gasteiger charge is -2.22. The number of rotatable bonds is 9. The molecule has 0 aliphatic carbocycles. The monoisotopic (exact) mass is 273 g/mol. The molecule has 0 saturated heterocycles. The van der Waals surface area contributed by atoms with Crippen LogP contribution in [0.3, 0.4) is 0 Å². The van der Waals surface area contributed by atoms with Gasteiger partial charge in [-0.25, -0.2) is 0 Å². The zero-order chi connectivity index (χ0) is 13.4. The molecule has 1 aromatic rings. The van der Waals surface area contributed by atoms with Crippen molar-refractivity contribution in [3.8, 4) is 0 Å². The zero-order valence-electron chi connectivity index (χ0n) is 11.7. The van der Waals surface area contributed by atoms with E-state index in [1.54, 1.807) is 7.11 Å². The fraction of sp³-hybridized carbons (Fsp3) is 0.833. The smallest absolute Gasteiger partial charge is 0.135 e. The summed E-state index contributed by atoms with van der Waals surface area (Å²) in [5, 5.41) is 8.39. The number of hydrogen-bond donors (Lipinski definition) is 1. The molecule has 18 heavy (non-hydrogen) atoms. The Labute approximate surface area is 113 Å². The van der Waals surface area contributed by atoms with E-state index in [4.69, 9.17) is 9.47 Å². The van der Waals surface area contributed by atoms with E-state index in [2.05, 4.69) is 35.7 Å². The highest BCUT2D eigenvalue weighted by molar-refractivity contribution is 7.10. The molecule has 104 valence electrons. The van der Waals surface area contributed by atoms with Gasteiger partial charge in [0, 0.05) is 31.8 Å². The third-order valence-corrected chi connectivity index (χ3v) is 3.46. The molecule has 1 N–H and O–H groups in total. The molecule has 0 unspecified atom stereocenters. The second-order valence-electron chi connectivity index (χ2n) is 4.74. The Balaban J connectivity index is 2.29. The van der Waals surface area contributed by atoms with Gasteiger partial charge in [-0.15, -0.1) is 5.10 Å². The van der Waals surface area contributed by atoms with Crippen LogP contribution in [0.2, 0.25) is 0 Å². The van der Waals surface area contributed by atoms with Crippen molar-refractivity contribution in [1.82, 2.24) is 9.59 Å². The van der Waals surface area contributed by atoms with Crippen molar-refractivity contribution in [1.29, 1.82) is 0 Å². The summed E-state index contributed by atoms with van der Waals surface area (Å²) in [5.74, 6) is 0. The van der Waals surface area contributed by atoms with E-state index in [-0.39, 0.29) is 5.60 Å². The molecule has 5 nitrogen and oxygen atoms in total. The zero-order valence-corrected chi connectivity index (χ0v) is 12.5. The minimum atomic E-state index is -0.135. The molecule has 0 saturated carbocycles. The first kappa shape index (κ1) is 15.3. The molecule has 0 atom stereocenters. The highest BCUT2D eigenvalue weighted by Crippen LogP contribution is 2.19. The van der Waals surface area contributed by atoms with E-state index in [9.17, 15) is 0 Å². The van der Waals surface area contributed by atoms with Crippen molar-refractivity contribution in [3.63, 3.8) is 0 Å². The number of nitrogens with one attached hydrogen (secondary N) is 1. The fourth-order valence-electron chi connectivity index (χ4n) is 1.26. The van der Waals surface area contributed by atoms with Gasteiger partial charge >= 0.3 is 0 Å². The van der Waals surface area contributed by atoms with Gasteiger partial charge in [0.15, 0.2) is 0 Å². The van der Waals surface area contributed by atoms with Gasteiger partial charge in [-0.2, -0.15) is 0 Å². The van der Waals surface area contributed by atoms with Crippen LogP contribution in [0.1, 0.15) is 39.3 Å². The number of hydrogen-bond acceptors (Lipinski definition) is 6. The predicted octanol–water partition coefficient (Wildman–Crippen LogP) is 2.69. The minimum Gasteiger partial charge on any atom is -0.379 e. The predicted molar refractivity (Wildman–Crippen MR) is 74.1 cm³/mol. The highest BCUT2D eigenvalue weighted by Gasteiger charge is 2.16. The van der Waals surface area contributed by atoms with E-state index >= 15 is 0 Å². The van der Waals surface area contributed by atoms with Crippen LogP contribution in [0.25, 0.3) is 0 Å². The normalized spacial score (nSPS) is 11.8. The van der Waals surface area contributed by atoms with Gasteiger partial charge in [0.1, 0.15) is 10.7 Å². The molecule has 0 fully saturated rings. The first-order chi connectivity index (χ1) is 8.59. The summed E-state index contributed by atoms with van der Waals surface area (Å²) >= 11 is 1.38. The Bertz CT molecular complexity index is 342. The first-order valence-corrected chi connectivity index (χ1v) is 7.04. The third-order valence-electron chi connectivity index (χ3n) is 2.73. The molecule has 6 heteroatoms. The second kappa shape index (κ2) is 7.66. The van der Waals surface area contributed by atoms with Crippen molar-refractivity contribution in [2.45, 2.75) is 45.8 Å². The molecule has 1 rings (SSSR count). The minimum absolute atomic E-state index is 0.135. The number of ether oxygens (including phenoxy) is 2. The Morgan fingerprint density at radius 2 is 2.17 bits per heavy atom. The first-order valence-electron chi connectivity index (χ1n) is 6.27. The molecule has 0 spiro atoms. The fourth-order valence-corrected chi connectivity index (χ4v) is 1.86. The van der Waals surface area contributed by atoms with Crippen LogP contribution in [-0.2, 0) is 16.1 Å². The molecule has 0 aliphatic heterocycles. The molecule has 0 bridgehead atoms. The van der Waals surface area contributed by atoms with Gasteiger partial charge in [0.05, 0.1) is 12.2 Å². The van der Waals surface area contributed by atoms with E-state index < -0.39 is 0 Å². The van der Waals surface area contributed by atoms with Crippen LogP contribution in [0, 0.1) is 0 Å². The Hall–Kier alpha value is -0.720. The second-order valence-corrected chi connectivity index (χ2v) is 5.50. The summed E-state index contributed by atoms with van der Waals surface area (Å²) in [7, 11) is 1.72. The molecule has 1 heterocycles. The summed E-state index contributed by atoms with van der Waals surface area (Å²) in [6.07, 6.45) is 1.94. The number of methoxy groups -OCH3 is 1. The molecule has 0 aromatic carbocycles. The number of nitrogens with zero attached hydrogens (tertiary/aromatic N) is 2. The largest absolute Gasteiger partial charge is 0.379 e. The Morgan fingerprint density at radius 1 is 1.39 bits per heavy atom. The molecule has 0 radical (unpaired) electrons. The van der Waals surface area contributed by atoms with Crippen LogP contribution < -0.4 is 5.32 Å². The highest BCUT2D eigenvalue weighted by atomic mass is 32.1. The average Bonchev–Trinajstić information content (AvgIpc) is 2.79. The lowest BCUT2D eigenvalue weighted by molar-refractivity contribution is -0.0127. The summed E-state index contributed by atoms with van der Waals surface area (Å²) in [6.45, 7) is 8.33. The third kappa shape index (κ3) is 5.29. The molecular weight excluding hydrogens is 250 g/mol. The van der Waals surface area contributed by atoms with Crippen LogP contribution >= 0.6 is 11.5 Å². The number of aromatic nitrogens is 2. The molecule has 1 aromatic heterocycles. The van der Waals surface area contributed by atoms with Gasteiger partial charge in [-0.05, 0) is 26.7 Å². The topological polar surface area (TPSA) is 56.3 Å². The van der Waals surface area contributed by atoms with E-state index in [1.165, 1.54) is 11.5 Å². The van der Waals surface area contributed by atoms with E-state index in [0.717, 1.165) is 30.1 Å². The maximum Gasteiger partial charge on any atom is 0.135 e. The van der Waals surface area contributed by atoms with Crippen molar-refractivity contribution < 1.29 is 9.47 Å². The van der Waals surface area contributed by atoms with Crippen LogP contribution in [0.4, 0.5) is 5.00 Å². The van der Waals surface area contributed by atoms with Gasteiger partial charge in [-0.1, -0.05) is 11.4 Å². The van der Waals surface area contributed by atoms with Crippen molar-refractivity contribution in [2.24, 2.45) is 0 Å². The Kier molecular flexibility index (Phi) is 6.52. The maximum absolute atomic E-state index is 5.62. The van der Waals surface area contributed by atoms with Crippen molar-refractivity contribution >= 4 is 16.5 Å². The van der Waals surface area contributed by atoms with Gasteiger partial charge in [-0.3, -0.25) is 0 Å². The molecular formula is C12H23N3O2S. The number of anilines is 1. The quantitative estimate of drug-likeness (QED) is 0.701. The van der Waals surface area contributed by atoms with Crippen molar-refractivity contribution in [2.75, 3.05) is 25.6 Å². The Morgan fingerprint density at radius 3 is 2.83 bits per heavy atom. The van der Waals surface area contributed by atoms with Gasteiger partial charge in [0.2, 0.25) is 0 Å². The summed E-state index contributed by atoms with van der Waals surface area (Å²) in [4.78, 5) is 0. The van der Waals surface area contributed by atoms with Crippen LogP contribution in [0.15, 0.2) is 0 Å². The summed E-state index contributed by atoms with van der Waals surface area (Å²) in [6, 6.07) is 0. The lowest BCUT2D eigenvalue weighted by atomic mass is 10.1. The van der Waals surface area contributed by atoms with Gasteiger partial charge in [0.25, 0.3) is 0 Å². The maximum atomic E-state index is 5.62. The molecule has 0 aliphatic rings. The standard InChI is InChI=1S/C12H23N3O2S/c1-5-7-13-11-10(14-15-18-11)9-17-8-6-12(2,3)16-4/h13H,5-9H2,1-4H3. The van der Waals surface area contributed by atoms with Crippen molar-refractivity contribution in [3.05, 3.63) is 5.69 Å². The summed E-state index contributed by atoms with van der Waals surface area (Å²) in [5.41, 5.74) is 0.757. The van der Waals surface area contributed by atoms with E-state index in [0.29, 0.717) is 13.2 Å².